The molecule has 1 saturated carbocycles. The minimum absolute atomic E-state index is 0.181. The smallest absolute Gasteiger partial charge is 0.147 e. The van der Waals surface area contributed by atoms with E-state index >= 15 is 0 Å². The predicted octanol–water partition coefficient (Wildman–Crippen LogP) is 3.44. The zero-order valence-electron chi connectivity index (χ0n) is 7.49. The summed E-state index contributed by atoms with van der Waals surface area (Å²) in [7, 11) is 0. The van der Waals surface area contributed by atoms with Gasteiger partial charge >= 0.3 is 0 Å². The molecule has 0 saturated heterocycles. The van der Waals surface area contributed by atoms with E-state index in [0.717, 1.165) is 12.1 Å². The van der Waals surface area contributed by atoms with Gasteiger partial charge in [0.2, 0.25) is 0 Å². The molecule has 1 aromatic rings. The molecular formula is C10H10ClF2N. The Balaban J connectivity index is 2.10. The molecule has 1 aliphatic carbocycles. The van der Waals surface area contributed by atoms with Crippen LogP contribution in [0.15, 0.2) is 12.1 Å². The Kier molecular flexibility index (Phi) is 2.59. The average molecular weight is 218 g/mol. The minimum Gasteiger partial charge on any atom is -0.382 e. The van der Waals surface area contributed by atoms with E-state index in [4.69, 9.17) is 11.6 Å². The minimum atomic E-state index is -0.591. The van der Waals surface area contributed by atoms with Crippen molar-refractivity contribution in [3.05, 3.63) is 28.8 Å². The number of nitrogens with one attached hydrogen (secondary N) is 1. The first-order valence-electron chi connectivity index (χ1n) is 4.55. The van der Waals surface area contributed by atoms with Gasteiger partial charge in [-0.3, -0.25) is 0 Å². The summed E-state index contributed by atoms with van der Waals surface area (Å²) in [6.45, 7) is 0.706. The van der Waals surface area contributed by atoms with E-state index < -0.39 is 11.6 Å². The van der Waals surface area contributed by atoms with E-state index in [-0.39, 0.29) is 10.7 Å². The molecule has 14 heavy (non-hydrogen) atoms. The van der Waals surface area contributed by atoms with Crippen LogP contribution in [0.1, 0.15) is 12.8 Å². The molecule has 0 bridgehead atoms. The lowest BCUT2D eigenvalue weighted by Crippen LogP contribution is -2.05. The van der Waals surface area contributed by atoms with Crippen molar-refractivity contribution in [1.29, 1.82) is 0 Å². The van der Waals surface area contributed by atoms with Crippen molar-refractivity contribution >= 4 is 17.3 Å². The molecule has 0 heterocycles. The summed E-state index contributed by atoms with van der Waals surface area (Å²) in [6, 6.07) is 2.09. The highest BCUT2D eigenvalue weighted by Crippen LogP contribution is 2.30. The molecule has 1 aromatic carbocycles. The first-order valence-corrected chi connectivity index (χ1v) is 4.93. The van der Waals surface area contributed by atoms with Crippen LogP contribution >= 0.6 is 11.6 Å². The summed E-state index contributed by atoms with van der Waals surface area (Å²) in [4.78, 5) is 0. The summed E-state index contributed by atoms with van der Waals surface area (Å²) in [5, 5.41) is 2.69. The van der Waals surface area contributed by atoms with Crippen molar-refractivity contribution in [1.82, 2.24) is 0 Å². The van der Waals surface area contributed by atoms with Crippen LogP contribution in [0, 0.1) is 17.6 Å². The third-order valence-electron chi connectivity index (χ3n) is 2.29. The molecule has 4 heteroatoms. The molecule has 0 spiro atoms. The number of hydrogen-bond acceptors (Lipinski definition) is 1. The topological polar surface area (TPSA) is 12.0 Å². The fraction of sp³-hybridized carbons (Fsp3) is 0.400. The summed E-state index contributed by atoms with van der Waals surface area (Å²) in [5.41, 5.74) is 0.193. The first-order chi connectivity index (χ1) is 6.66. The molecule has 0 radical (unpaired) electrons. The molecule has 0 amide bonds. The standard InChI is InChI=1S/C10H10ClF2N/c11-7-3-9(13)10(4-8(7)12)14-5-6-1-2-6/h3-4,6,14H,1-2,5H2. The largest absolute Gasteiger partial charge is 0.382 e. The highest BCUT2D eigenvalue weighted by Gasteiger charge is 2.21. The molecule has 1 N–H and O–H groups in total. The van der Waals surface area contributed by atoms with Gasteiger partial charge in [-0.25, -0.2) is 8.78 Å². The Morgan fingerprint density at radius 1 is 1.29 bits per heavy atom. The van der Waals surface area contributed by atoms with Crippen LogP contribution in [0.3, 0.4) is 0 Å². The van der Waals surface area contributed by atoms with Crippen LogP contribution in [0.5, 0.6) is 0 Å². The Labute approximate surface area is 86.1 Å². The van der Waals surface area contributed by atoms with Crippen molar-refractivity contribution < 1.29 is 8.78 Å². The maximum atomic E-state index is 13.2. The fourth-order valence-corrected chi connectivity index (χ4v) is 1.38. The molecule has 1 fully saturated rings. The summed E-state index contributed by atoms with van der Waals surface area (Å²) >= 11 is 5.42. The number of halogens is 3. The number of benzene rings is 1. The SMILES string of the molecule is Fc1cc(NCC2CC2)c(F)cc1Cl. The predicted molar refractivity (Wildman–Crippen MR) is 52.6 cm³/mol. The second-order valence-corrected chi connectivity index (χ2v) is 3.98. The van der Waals surface area contributed by atoms with Crippen LogP contribution in [0.4, 0.5) is 14.5 Å². The lowest BCUT2D eigenvalue weighted by Gasteiger charge is -2.07. The van der Waals surface area contributed by atoms with Gasteiger partial charge in [0, 0.05) is 12.6 Å². The molecule has 0 atom stereocenters. The monoisotopic (exact) mass is 217 g/mol. The number of hydrogen-bond donors (Lipinski definition) is 1. The number of rotatable bonds is 3. The van der Waals surface area contributed by atoms with Gasteiger partial charge in [-0.2, -0.15) is 0 Å². The van der Waals surface area contributed by atoms with Gasteiger partial charge in [-0.05, 0) is 24.8 Å². The Morgan fingerprint density at radius 2 is 2.00 bits per heavy atom. The maximum absolute atomic E-state index is 13.2. The molecule has 1 aliphatic rings. The van der Waals surface area contributed by atoms with Gasteiger partial charge in [0.05, 0.1) is 10.7 Å². The van der Waals surface area contributed by atoms with E-state index in [2.05, 4.69) is 5.32 Å². The van der Waals surface area contributed by atoms with Gasteiger partial charge < -0.3 is 5.32 Å². The number of anilines is 1. The van der Waals surface area contributed by atoms with E-state index in [0.29, 0.717) is 12.5 Å². The first kappa shape index (κ1) is 9.71. The van der Waals surface area contributed by atoms with Crippen molar-refractivity contribution in [2.45, 2.75) is 12.8 Å². The van der Waals surface area contributed by atoms with Crippen molar-refractivity contribution in [2.24, 2.45) is 5.92 Å². The average Bonchev–Trinajstić information content (AvgIpc) is 2.92. The molecule has 0 aromatic heterocycles. The summed E-state index contributed by atoms with van der Waals surface area (Å²) < 4.78 is 26.1. The Morgan fingerprint density at radius 3 is 2.64 bits per heavy atom. The van der Waals surface area contributed by atoms with Crippen LogP contribution in [-0.4, -0.2) is 6.54 Å². The zero-order valence-corrected chi connectivity index (χ0v) is 8.24. The zero-order chi connectivity index (χ0) is 10.1. The summed E-state index contributed by atoms with van der Waals surface area (Å²) in [5.74, 6) is -0.475. The van der Waals surface area contributed by atoms with E-state index in [1.807, 2.05) is 0 Å². The van der Waals surface area contributed by atoms with E-state index in [9.17, 15) is 8.78 Å². The quantitative estimate of drug-likeness (QED) is 0.765. The van der Waals surface area contributed by atoms with Gasteiger partial charge in [0.1, 0.15) is 11.6 Å². The molecule has 1 nitrogen and oxygen atoms in total. The van der Waals surface area contributed by atoms with Crippen LogP contribution in [-0.2, 0) is 0 Å². The Bertz CT molecular complexity index is 350. The Hall–Kier alpha value is -0.830. The fourth-order valence-electron chi connectivity index (χ4n) is 1.23. The van der Waals surface area contributed by atoms with Gasteiger partial charge in [0.15, 0.2) is 0 Å². The van der Waals surface area contributed by atoms with E-state index in [1.54, 1.807) is 0 Å². The molecular weight excluding hydrogens is 208 g/mol. The van der Waals surface area contributed by atoms with Crippen molar-refractivity contribution in [3.63, 3.8) is 0 Å². The van der Waals surface area contributed by atoms with Gasteiger partial charge in [-0.1, -0.05) is 11.6 Å². The van der Waals surface area contributed by atoms with Gasteiger partial charge in [-0.15, -0.1) is 0 Å². The third-order valence-corrected chi connectivity index (χ3v) is 2.58. The lowest BCUT2D eigenvalue weighted by atomic mass is 10.3. The molecule has 76 valence electrons. The maximum Gasteiger partial charge on any atom is 0.147 e. The van der Waals surface area contributed by atoms with Crippen LogP contribution in [0.2, 0.25) is 5.02 Å². The third kappa shape index (κ3) is 2.15. The normalized spacial score (nSPS) is 15.6. The highest BCUT2D eigenvalue weighted by molar-refractivity contribution is 6.30. The van der Waals surface area contributed by atoms with Crippen molar-refractivity contribution in [3.8, 4) is 0 Å². The lowest BCUT2D eigenvalue weighted by molar-refractivity contribution is 0.602. The highest BCUT2D eigenvalue weighted by atomic mass is 35.5. The second-order valence-electron chi connectivity index (χ2n) is 3.57. The van der Waals surface area contributed by atoms with Crippen LogP contribution < -0.4 is 5.32 Å². The molecule has 0 unspecified atom stereocenters. The molecule has 0 aliphatic heterocycles. The molecule has 2 rings (SSSR count). The van der Waals surface area contributed by atoms with Crippen molar-refractivity contribution in [2.75, 3.05) is 11.9 Å². The van der Waals surface area contributed by atoms with E-state index in [1.165, 1.54) is 12.8 Å². The van der Waals surface area contributed by atoms with Crippen LogP contribution in [0.25, 0.3) is 0 Å². The van der Waals surface area contributed by atoms with Gasteiger partial charge in [0.25, 0.3) is 0 Å². The summed E-state index contributed by atoms with van der Waals surface area (Å²) in [6.07, 6.45) is 2.34. The second kappa shape index (κ2) is 3.73.